The van der Waals surface area contributed by atoms with E-state index in [1.54, 1.807) is 6.20 Å². The summed E-state index contributed by atoms with van der Waals surface area (Å²) in [5.41, 5.74) is 5.94. The van der Waals surface area contributed by atoms with E-state index >= 15 is 0 Å². The molecular weight excluding hydrogens is 202 g/mol. The normalized spacial score (nSPS) is 25.2. The Balaban J connectivity index is 1.89. The Labute approximate surface area is 97.2 Å². The number of ether oxygens (including phenoxy) is 1. The summed E-state index contributed by atoms with van der Waals surface area (Å²) >= 11 is 0. The zero-order valence-corrected chi connectivity index (χ0v) is 9.98. The van der Waals surface area contributed by atoms with Gasteiger partial charge in [0.25, 0.3) is 6.02 Å². The Kier molecular flexibility index (Phi) is 3.49. The first-order valence-corrected chi connectivity index (χ1v) is 6.09. The van der Waals surface area contributed by atoms with Crippen molar-refractivity contribution in [2.45, 2.75) is 38.1 Å². The molecule has 2 heterocycles. The highest BCUT2D eigenvalue weighted by Gasteiger charge is 2.44. The lowest BCUT2D eigenvalue weighted by atomic mass is 9.95. The first-order valence-electron chi connectivity index (χ1n) is 6.09. The van der Waals surface area contributed by atoms with E-state index in [1.807, 2.05) is 13.0 Å². The summed E-state index contributed by atoms with van der Waals surface area (Å²) in [5, 5.41) is 0. The Morgan fingerprint density at radius 3 is 2.75 bits per heavy atom. The lowest BCUT2D eigenvalue weighted by Crippen LogP contribution is -2.43. The summed E-state index contributed by atoms with van der Waals surface area (Å²) in [6, 6.07) is 0.284. The Morgan fingerprint density at radius 2 is 2.12 bits per heavy atom. The Morgan fingerprint density at radius 1 is 1.44 bits per heavy atom. The third-order valence-corrected chi connectivity index (χ3v) is 3.65. The largest absolute Gasteiger partial charge is 0.463 e. The number of amidine groups is 1. The number of aliphatic imine (C=N–C) groups is 1. The number of fused-ring (bicyclic) bond motifs is 1. The van der Waals surface area contributed by atoms with Crippen LogP contribution in [-0.4, -0.2) is 36.2 Å². The number of nitrogens with two attached hydrogens (primary N) is 1. The SMILES string of the molecule is C/C=C\N=C(/N)OCC12CCCN1CCC2. The minimum absolute atomic E-state index is 0.260. The van der Waals surface area contributed by atoms with Crippen molar-refractivity contribution in [3.05, 3.63) is 12.3 Å². The van der Waals surface area contributed by atoms with Gasteiger partial charge in [-0.3, -0.25) is 4.90 Å². The zero-order valence-electron chi connectivity index (χ0n) is 9.98. The van der Waals surface area contributed by atoms with Crippen LogP contribution in [0.2, 0.25) is 0 Å². The van der Waals surface area contributed by atoms with E-state index < -0.39 is 0 Å². The smallest absolute Gasteiger partial charge is 0.286 e. The minimum Gasteiger partial charge on any atom is -0.463 e. The maximum Gasteiger partial charge on any atom is 0.286 e. The van der Waals surface area contributed by atoms with Gasteiger partial charge in [0, 0.05) is 6.20 Å². The lowest BCUT2D eigenvalue weighted by molar-refractivity contribution is 0.106. The lowest BCUT2D eigenvalue weighted by Gasteiger charge is -2.31. The summed E-state index contributed by atoms with van der Waals surface area (Å²) in [5.74, 6) is 0. The summed E-state index contributed by atoms with van der Waals surface area (Å²) in [6.45, 7) is 5.04. The third kappa shape index (κ3) is 2.21. The molecule has 0 unspecified atom stereocenters. The number of hydrogen-bond donors (Lipinski definition) is 1. The monoisotopic (exact) mass is 223 g/mol. The molecule has 0 aromatic rings. The molecule has 2 aliphatic rings. The maximum atomic E-state index is 5.68. The molecule has 2 aliphatic heterocycles. The molecule has 0 aromatic carbocycles. The second kappa shape index (κ2) is 4.87. The maximum absolute atomic E-state index is 5.68. The van der Waals surface area contributed by atoms with Gasteiger partial charge in [-0.2, -0.15) is 0 Å². The van der Waals surface area contributed by atoms with Crippen molar-refractivity contribution >= 4 is 6.02 Å². The molecule has 4 nitrogen and oxygen atoms in total. The number of hydrogen-bond acceptors (Lipinski definition) is 3. The average molecular weight is 223 g/mol. The number of rotatable bonds is 3. The highest BCUT2D eigenvalue weighted by molar-refractivity contribution is 5.72. The van der Waals surface area contributed by atoms with Gasteiger partial charge in [-0.25, -0.2) is 4.99 Å². The standard InChI is InChI=1S/C12H21N3O/c1-2-7-14-11(13)16-10-12-5-3-8-15(12)9-4-6-12/h2,7H,3-6,8-10H2,1H3,(H2,13,14)/b7-2-. The predicted molar refractivity (Wildman–Crippen MR) is 65.2 cm³/mol. The molecule has 2 N–H and O–H groups in total. The van der Waals surface area contributed by atoms with Crippen molar-refractivity contribution in [2.75, 3.05) is 19.7 Å². The van der Waals surface area contributed by atoms with Crippen LogP contribution in [0.5, 0.6) is 0 Å². The van der Waals surface area contributed by atoms with Gasteiger partial charge in [-0.15, -0.1) is 0 Å². The van der Waals surface area contributed by atoms with Crippen LogP contribution < -0.4 is 5.73 Å². The van der Waals surface area contributed by atoms with E-state index in [-0.39, 0.29) is 11.6 Å². The molecule has 4 heteroatoms. The molecule has 0 aliphatic carbocycles. The topological polar surface area (TPSA) is 50.9 Å². The second-order valence-electron chi connectivity index (χ2n) is 4.66. The first kappa shape index (κ1) is 11.5. The minimum atomic E-state index is 0.260. The van der Waals surface area contributed by atoms with Gasteiger partial charge in [-0.05, 0) is 45.7 Å². The molecule has 2 rings (SSSR count). The Hall–Kier alpha value is -1.03. The van der Waals surface area contributed by atoms with Gasteiger partial charge in [0.15, 0.2) is 0 Å². The average Bonchev–Trinajstić information content (AvgIpc) is 2.82. The first-order chi connectivity index (χ1) is 7.77. The van der Waals surface area contributed by atoms with Gasteiger partial charge in [0.2, 0.25) is 0 Å². The van der Waals surface area contributed by atoms with Crippen molar-refractivity contribution in [3.8, 4) is 0 Å². The predicted octanol–water partition coefficient (Wildman–Crippen LogP) is 1.48. The van der Waals surface area contributed by atoms with E-state index in [0.717, 1.165) is 0 Å². The molecule has 0 aromatic heterocycles. The van der Waals surface area contributed by atoms with E-state index in [1.165, 1.54) is 38.8 Å². The van der Waals surface area contributed by atoms with E-state index in [4.69, 9.17) is 10.5 Å². The van der Waals surface area contributed by atoms with Crippen LogP contribution in [-0.2, 0) is 4.74 Å². The fraction of sp³-hybridized carbons (Fsp3) is 0.750. The highest BCUT2D eigenvalue weighted by Crippen LogP contribution is 2.38. The van der Waals surface area contributed by atoms with Crippen molar-refractivity contribution in [1.82, 2.24) is 4.90 Å². The van der Waals surface area contributed by atoms with Crippen LogP contribution >= 0.6 is 0 Å². The summed E-state index contributed by atoms with van der Waals surface area (Å²) in [4.78, 5) is 6.54. The molecule has 0 spiro atoms. The molecule has 0 bridgehead atoms. The van der Waals surface area contributed by atoms with Crippen molar-refractivity contribution in [2.24, 2.45) is 10.7 Å². The molecule has 16 heavy (non-hydrogen) atoms. The summed E-state index contributed by atoms with van der Waals surface area (Å²) in [6.07, 6.45) is 8.55. The van der Waals surface area contributed by atoms with Gasteiger partial charge in [-0.1, -0.05) is 6.08 Å². The third-order valence-electron chi connectivity index (χ3n) is 3.65. The van der Waals surface area contributed by atoms with Crippen molar-refractivity contribution in [3.63, 3.8) is 0 Å². The van der Waals surface area contributed by atoms with E-state index in [9.17, 15) is 0 Å². The van der Waals surface area contributed by atoms with E-state index in [2.05, 4.69) is 9.89 Å². The van der Waals surface area contributed by atoms with Gasteiger partial charge in [0.1, 0.15) is 6.61 Å². The second-order valence-corrected chi connectivity index (χ2v) is 4.66. The Bertz CT molecular complexity index is 289. The van der Waals surface area contributed by atoms with Gasteiger partial charge in [0.05, 0.1) is 5.54 Å². The van der Waals surface area contributed by atoms with Crippen LogP contribution in [0, 0.1) is 0 Å². The van der Waals surface area contributed by atoms with E-state index in [0.29, 0.717) is 6.61 Å². The highest BCUT2D eigenvalue weighted by atomic mass is 16.5. The number of allylic oxidation sites excluding steroid dienone is 1. The molecule has 2 saturated heterocycles. The van der Waals surface area contributed by atoms with Gasteiger partial charge < -0.3 is 10.5 Å². The van der Waals surface area contributed by atoms with Gasteiger partial charge >= 0.3 is 0 Å². The summed E-state index contributed by atoms with van der Waals surface area (Å²) < 4.78 is 5.57. The van der Waals surface area contributed by atoms with Crippen molar-refractivity contribution in [1.29, 1.82) is 0 Å². The summed E-state index contributed by atoms with van der Waals surface area (Å²) in [7, 11) is 0. The molecular formula is C12H21N3O. The van der Waals surface area contributed by atoms with Crippen LogP contribution in [0.4, 0.5) is 0 Å². The van der Waals surface area contributed by atoms with Crippen LogP contribution in [0.3, 0.4) is 0 Å². The molecule has 0 radical (unpaired) electrons. The van der Waals surface area contributed by atoms with Crippen molar-refractivity contribution < 1.29 is 4.74 Å². The fourth-order valence-electron chi connectivity index (χ4n) is 2.85. The zero-order chi connectivity index (χ0) is 11.4. The fourth-order valence-corrected chi connectivity index (χ4v) is 2.85. The van der Waals surface area contributed by atoms with Crippen LogP contribution in [0.15, 0.2) is 17.3 Å². The molecule has 0 saturated carbocycles. The molecule has 0 atom stereocenters. The quantitative estimate of drug-likeness (QED) is 0.582. The molecule has 0 amide bonds. The van der Waals surface area contributed by atoms with Crippen LogP contribution in [0.25, 0.3) is 0 Å². The number of nitrogens with zero attached hydrogens (tertiary/aromatic N) is 2. The van der Waals surface area contributed by atoms with Crippen LogP contribution in [0.1, 0.15) is 32.6 Å². The molecule has 90 valence electrons. The molecule has 2 fully saturated rings.